The smallest absolute Gasteiger partial charge is 0.0563 e. The van der Waals surface area contributed by atoms with Crippen molar-refractivity contribution in [3.05, 3.63) is 11.6 Å². The van der Waals surface area contributed by atoms with Crippen LogP contribution in [0.1, 0.15) is 60.8 Å². The van der Waals surface area contributed by atoms with Gasteiger partial charge in [0.25, 0.3) is 0 Å². The predicted octanol–water partition coefficient (Wildman–Crippen LogP) is 4.41. The standard InChI is InChI=1S/C16H30O/c1-7-15(17)12(3)10-11(2)14-9-8-13(4)16(14,5)6/h8,11-12,14-15,17H,7,9-10H2,1-6H3. The van der Waals surface area contributed by atoms with Crippen LogP contribution in [0.4, 0.5) is 0 Å². The van der Waals surface area contributed by atoms with Crippen LogP contribution in [0.15, 0.2) is 11.6 Å². The van der Waals surface area contributed by atoms with Gasteiger partial charge in [-0.3, -0.25) is 0 Å². The minimum atomic E-state index is -0.129. The summed E-state index contributed by atoms with van der Waals surface area (Å²) in [7, 11) is 0. The number of hydrogen-bond donors (Lipinski definition) is 1. The van der Waals surface area contributed by atoms with E-state index in [0.717, 1.165) is 18.8 Å². The average Bonchev–Trinajstić information content (AvgIpc) is 2.52. The Morgan fingerprint density at radius 3 is 2.41 bits per heavy atom. The van der Waals surface area contributed by atoms with Gasteiger partial charge in [0.15, 0.2) is 0 Å². The van der Waals surface area contributed by atoms with Crippen molar-refractivity contribution in [1.82, 2.24) is 0 Å². The highest BCUT2D eigenvalue weighted by molar-refractivity contribution is 5.18. The maximum absolute atomic E-state index is 9.89. The zero-order chi connectivity index (χ0) is 13.2. The summed E-state index contributed by atoms with van der Waals surface area (Å²) in [4.78, 5) is 0. The van der Waals surface area contributed by atoms with E-state index in [9.17, 15) is 5.11 Å². The summed E-state index contributed by atoms with van der Waals surface area (Å²) in [6.45, 7) is 13.6. The van der Waals surface area contributed by atoms with Crippen LogP contribution in [0.3, 0.4) is 0 Å². The Morgan fingerprint density at radius 1 is 1.41 bits per heavy atom. The Morgan fingerprint density at radius 2 is 2.00 bits per heavy atom. The summed E-state index contributed by atoms with van der Waals surface area (Å²) >= 11 is 0. The predicted molar refractivity (Wildman–Crippen MR) is 74.9 cm³/mol. The second kappa shape index (κ2) is 5.56. The van der Waals surface area contributed by atoms with Crippen molar-refractivity contribution in [3.63, 3.8) is 0 Å². The summed E-state index contributed by atoms with van der Waals surface area (Å²) in [6.07, 6.45) is 5.51. The van der Waals surface area contributed by atoms with Gasteiger partial charge >= 0.3 is 0 Å². The van der Waals surface area contributed by atoms with Gasteiger partial charge in [0.05, 0.1) is 6.10 Å². The third kappa shape index (κ3) is 3.13. The molecule has 0 aromatic rings. The lowest BCUT2D eigenvalue weighted by atomic mass is 9.69. The van der Waals surface area contributed by atoms with Crippen LogP contribution in [0.2, 0.25) is 0 Å². The molecule has 1 heteroatoms. The zero-order valence-corrected chi connectivity index (χ0v) is 12.5. The molecule has 1 aliphatic carbocycles. The number of aliphatic hydroxyl groups is 1. The van der Waals surface area contributed by atoms with E-state index in [1.807, 2.05) is 0 Å². The fraction of sp³-hybridized carbons (Fsp3) is 0.875. The van der Waals surface area contributed by atoms with Crippen molar-refractivity contribution in [2.24, 2.45) is 23.2 Å². The van der Waals surface area contributed by atoms with E-state index < -0.39 is 0 Å². The molecule has 0 radical (unpaired) electrons. The Bertz CT molecular complexity index is 277. The monoisotopic (exact) mass is 238 g/mol. The van der Waals surface area contributed by atoms with Gasteiger partial charge in [-0.25, -0.2) is 0 Å². The maximum Gasteiger partial charge on any atom is 0.0563 e. The normalized spacial score (nSPS) is 28.6. The van der Waals surface area contributed by atoms with Gasteiger partial charge in [-0.2, -0.15) is 0 Å². The minimum absolute atomic E-state index is 0.129. The summed E-state index contributed by atoms with van der Waals surface area (Å²) in [5, 5.41) is 9.89. The van der Waals surface area contributed by atoms with Crippen molar-refractivity contribution in [2.45, 2.75) is 66.9 Å². The summed E-state index contributed by atoms with van der Waals surface area (Å²) < 4.78 is 0. The van der Waals surface area contributed by atoms with Crippen LogP contribution in [0.25, 0.3) is 0 Å². The van der Waals surface area contributed by atoms with Crippen molar-refractivity contribution >= 4 is 0 Å². The number of rotatable bonds is 5. The summed E-state index contributed by atoms with van der Waals surface area (Å²) in [5.74, 6) is 1.86. The van der Waals surface area contributed by atoms with Crippen LogP contribution in [-0.2, 0) is 0 Å². The molecule has 0 saturated carbocycles. The van der Waals surface area contributed by atoms with Gasteiger partial charge in [0, 0.05) is 0 Å². The van der Waals surface area contributed by atoms with E-state index in [2.05, 4.69) is 47.6 Å². The van der Waals surface area contributed by atoms with E-state index in [4.69, 9.17) is 0 Å². The summed E-state index contributed by atoms with van der Waals surface area (Å²) in [6, 6.07) is 0. The molecule has 1 N–H and O–H groups in total. The second-order valence-corrected chi connectivity index (χ2v) is 6.62. The first-order valence-corrected chi connectivity index (χ1v) is 7.16. The lowest BCUT2D eigenvalue weighted by molar-refractivity contribution is 0.0824. The first-order valence-electron chi connectivity index (χ1n) is 7.16. The quantitative estimate of drug-likeness (QED) is 0.703. The molecule has 0 saturated heterocycles. The molecular weight excluding hydrogens is 208 g/mol. The lowest BCUT2D eigenvalue weighted by Crippen LogP contribution is -2.29. The van der Waals surface area contributed by atoms with Crippen LogP contribution in [0, 0.1) is 23.2 Å². The van der Waals surface area contributed by atoms with Crippen molar-refractivity contribution < 1.29 is 5.11 Å². The third-order valence-corrected chi connectivity index (χ3v) is 5.13. The molecule has 1 rings (SSSR count). The highest BCUT2D eigenvalue weighted by Gasteiger charge is 2.38. The highest BCUT2D eigenvalue weighted by atomic mass is 16.3. The molecule has 0 amide bonds. The molecular formula is C16H30O. The summed E-state index contributed by atoms with van der Waals surface area (Å²) in [5.41, 5.74) is 1.88. The first kappa shape index (κ1) is 14.8. The number of aliphatic hydroxyl groups excluding tert-OH is 1. The molecule has 100 valence electrons. The van der Waals surface area contributed by atoms with Gasteiger partial charge in [0.1, 0.15) is 0 Å². The first-order chi connectivity index (χ1) is 7.80. The lowest BCUT2D eigenvalue weighted by Gasteiger charge is -2.36. The van der Waals surface area contributed by atoms with Gasteiger partial charge < -0.3 is 5.11 Å². The zero-order valence-electron chi connectivity index (χ0n) is 12.5. The molecule has 0 spiro atoms. The van der Waals surface area contributed by atoms with Gasteiger partial charge in [0.2, 0.25) is 0 Å². The fourth-order valence-electron chi connectivity index (χ4n) is 3.41. The van der Waals surface area contributed by atoms with Crippen molar-refractivity contribution in [1.29, 1.82) is 0 Å². The molecule has 0 aliphatic heterocycles. The van der Waals surface area contributed by atoms with Crippen molar-refractivity contribution in [2.75, 3.05) is 0 Å². The molecule has 0 aromatic carbocycles. The van der Waals surface area contributed by atoms with Crippen LogP contribution >= 0.6 is 0 Å². The average molecular weight is 238 g/mol. The fourth-order valence-corrected chi connectivity index (χ4v) is 3.41. The Balaban J connectivity index is 2.58. The van der Waals surface area contributed by atoms with Crippen LogP contribution in [-0.4, -0.2) is 11.2 Å². The topological polar surface area (TPSA) is 20.2 Å². The number of hydrogen-bond acceptors (Lipinski definition) is 1. The molecule has 4 atom stereocenters. The van der Waals surface area contributed by atoms with E-state index in [1.165, 1.54) is 12.0 Å². The highest BCUT2D eigenvalue weighted by Crippen LogP contribution is 2.48. The molecule has 0 fully saturated rings. The largest absolute Gasteiger partial charge is 0.393 e. The van der Waals surface area contributed by atoms with Gasteiger partial charge in [-0.15, -0.1) is 0 Å². The molecule has 1 nitrogen and oxygen atoms in total. The van der Waals surface area contributed by atoms with E-state index in [1.54, 1.807) is 0 Å². The SMILES string of the molecule is CCC(O)C(C)CC(C)C1CC=C(C)C1(C)C. The molecule has 0 bridgehead atoms. The van der Waals surface area contributed by atoms with Crippen molar-refractivity contribution in [3.8, 4) is 0 Å². The Labute approximate surface area is 107 Å². The van der Waals surface area contributed by atoms with Crippen LogP contribution < -0.4 is 0 Å². The van der Waals surface area contributed by atoms with Gasteiger partial charge in [-0.1, -0.05) is 46.3 Å². The Hall–Kier alpha value is -0.300. The third-order valence-electron chi connectivity index (χ3n) is 5.13. The molecule has 17 heavy (non-hydrogen) atoms. The molecule has 0 heterocycles. The number of allylic oxidation sites excluding steroid dienone is 2. The molecule has 0 aromatic heterocycles. The molecule has 4 unspecified atom stereocenters. The second-order valence-electron chi connectivity index (χ2n) is 6.62. The van der Waals surface area contributed by atoms with Gasteiger partial charge in [-0.05, 0) is 49.4 Å². The minimum Gasteiger partial charge on any atom is -0.393 e. The molecule has 1 aliphatic rings. The van der Waals surface area contributed by atoms with Crippen LogP contribution in [0.5, 0.6) is 0 Å². The Kier molecular flexibility index (Phi) is 4.83. The van der Waals surface area contributed by atoms with E-state index in [-0.39, 0.29) is 6.10 Å². The van der Waals surface area contributed by atoms with E-state index >= 15 is 0 Å². The van der Waals surface area contributed by atoms with E-state index in [0.29, 0.717) is 17.3 Å². The maximum atomic E-state index is 9.89.